The number of carbonyl (C=O) groups is 2. The Labute approximate surface area is 200 Å². The van der Waals surface area contributed by atoms with Gasteiger partial charge in [0.05, 0.1) is 11.0 Å². The smallest absolute Gasteiger partial charge is 0.328 e. The number of hydrazine groups is 1. The molecule has 0 aliphatic heterocycles. The fourth-order valence-corrected chi connectivity index (χ4v) is 3.63. The summed E-state index contributed by atoms with van der Waals surface area (Å²) < 4.78 is 8.77. The lowest BCUT2D eigenvalue weighted by Gasteiger charge is -2.09. The monoisotopic (exact) mass is 478 g/mol. The van der Waals surface area contributed by atoms with Crippen molar-refractivity contribution in [3.05, 3.63) is 99.4 Å². The fourth-order valence-electron chi connectivity index (χ4n) is 3.50. The van der Waals surface area contributed by atoms with Gasteiger partial charge in [0.25, 0.3) is 5.91 Å². The second-order valence-corrected chi connectivity index (χ2v) is 8.11. The van der Waals surface area contributed by atoms with Crippen LogP contribution in [0.5, 0.6) is 5.75 Å². The minimum absolute atomic E-state index is 0.0369. The van der Waals surface area contributed by atoms with Crippen molar-refractivity contribution >= 4 is 34.4 Å². The van der Waals surface area contributed by atoms with E-state index in [1.807, 2.05) is 24.3 Å². The summed E-state index contributed by atoms with van der Waals surface area (Å²) in [4.78, 5) is 37.0. The number of hydrogen-bond donors (Lipinski definition) is 2. The molecule has 2 amide bonds. The summed E-state index contributed by atoms with van der Waals surface area (Å²) in [6.07, 6.45) is 0.0369. The third-order valence-corrected chi connectivity index (χ3v) is 5.62. The molecule has 0 spiro atoms. The molecule has 1 aromatic heterocycles. The Morgan fingerprint density at radius 3 is 2.29 bits per heavy atom. The maximum atomic E-state index is 12.4. The fraction of sp³-hybridized carbons (Fsp3) is 0.160. The molecule has 0 saturated carbocycles. The van der Waals surface area contributed by atoms with Gasteiger partial charge in [0.15, 0.2) is 0 Å². The zero-order chi connectivity index (χ0) is 24.1. The molecule has 3 aromatic carbocycles. The first-order valence-electron chi connectivity index (χ1n) is 10.6. The van der Waals surface area contributed by atoms with Gasteiger partial charge in [-0.3, -0.25) is 29.6 Å². The highest BCUT2D eigenvalue weighted by molar-refractivity contribution is 6.30. The average Bonchev–Trinajstić information content (AvgIpc) is 3.10. The van der Waals surface area contributed by atoms with Crippen molar-refractivity contribution in [3.8, 4) is 5.75 Å². The van der Waals surface area contributed by atoms with Crippen LogP contribution in [0.4, 0.5) is 0 Å². The number of nitrogens with one attached hydrogen (secondary N) is 2. The van der Waals surface area contributed by atoms with Crippen molar-refractivity contribution in [2.75, 3.05) is 0 Å². The molecule has 9 heteroatoms. The van der Waals surface area contributed by atoms with Gasteiger partial charge in [-0.1, -0.05) is 35.9 Å². The number of imidazole rings is 1. The second kappa shape index (κ2) is 10.3. The Hall–Kier alpha value is -4.04. The van der Waals surface area contributed by atoms with Gasteiger partial charge in [-0.25, -0.2) is 4.79 Å². The lowest BCUT2D eigenvalue weighted by Crippen LogP contribution is -2.42. The highest BCUT2D eigenvalue weighted by atomic mass is 35.5. The Morgan fingerprint density at radius 2 is 1.59 bits per heavy atom. The molecule has 0 bridgehead atoms. The van der Waals surface area contributed by atoms with Crippen molar-refractivity contribution in [1.29, 1.82) is 0 Å². The maximum Gasteiger partial charge on any atom is 0.328 e. The van der Waals surface area contributed by atoms with Crippen LogP contribution < -0.4 is 21.3 Å². The summed E-state index contributed by atoms with van der Waals surface area (Å²) in [6, 6.07) is 21.3. The second-order valence-electron chi connectivity index (χ2n) is 7.67. The summed E-state index contributed by atoms with van der Waals surface area (Å²) in [7, 11) is 1.69. The predicted molar refractivity (Wildman–Crippen MR) is 130 cm³/mol. The van der Waals surface area contributed by atoms with Gasteiger partial charge >= 0.3 is 5.69 Å². The molecular weight excluding hydrogens is 456 g/mol. The number of para-hydroxylation sites is 2. The lowest BCUT2D eigenvalue weighted by atomic mass is 10.1. The number of nitrogens with zero attached hydrogens (tertiary/aromatic N) is 2. The van der Waals surface area contributed by atoms with E-state index in [0.29, 0.717) is 22.9 Å². The van der Waals surface area contributed by atoms with Gasteiger partial charge < -0.3 is 4.74 Å². The van der Waals surface area contributed by atoms with E-state index in [0.717, 1.165) is 16.6 Å². The largest absolute Gasteiger partial charge is 0.489 e. The first-order valence-corrected chi connectivity index (χ1v) is 11.0. The summed E-state index contributed by atoms with van der Waals surface area (Å²) in [5.74, 6) is -0.151. The molecule has 0 saturated heterocycles. The summed E-state index contributed by atoms with van der Waals surface area (Å²) in [5.41, 5.74) is 7.42. The number of fused-ring (bicyclic) bond motifs is 1. The van der Waals surface area contributed by atoms with Crippen LogP contribution in [0.3, 0.4) is 0 Å². The third kappa shape index (κ3) is 5.29. The SMILES string of the molecule is Cn1c(=O)n(CCC(=O)NNC(=O)c2ccc(COc3ccc(Cl)cc3)cc2)c2ccccc21. The number of benzene rings is 3. The summed E-state index contributed by atoms with van der Waals surface area (Å²) in [6.45, 7) is 0.540. The molecule has 174 valence electrons. The molecule has 4 rings (SSSR count). The van der Waals surface area contributed by atoms with Gasteiger partial charge in [0.2, 0.25) is 5.91 Å². The molecule has 8 nitrogen and oxygen atoms in total. The number of hydrogen-bond acceptors (Lipinski definition) is 4. The van der Waals surface area contributed by atoms with Crippen LogP contribution in [0.15, 0.2) is 77.6 Å². The van der Waals surface area contributed by atoms with Crippen molar-refractivity contribution in [3.63, 3.8) is 0 Å². The molecule has 0 fully saturated rings. The van der Waals surface area contributed by atoms with Gasteiger partial charge in [-0.05, 0) is 54.1 Å². The molecular formula is C25H23ClN4O4. The Kier molecular flexibility index (Phi) is 6.98. The number of amides is 2. The molecule has 0 aliphatic carbocycles. The van der Waals surface area contributed by atoms with Crippen molar-refractivity contribution < 1.29 is 14.3 Å². The molecule has 2 N–H and O–H groups in total. The number of ether oxygens (including phenoxy) is 1. The van der Waals surface area contributed by atoms with E-state index in [2.05, 4.69) is 10.9 Å². The lowest BCUT2D eigenvalue weighted by molar-refractivity contribution is -0.122. The van der Waals surface area contributed by atoms with Crippen LogP contribution in [0.2, 0.25) is 5.02 Å². The van der Waals surface area contributed by atoms with Crippen molar-refractivity contribution in [2.24, 2.45) is 7.05 Å². The van der Waals surface area contributed by atoms with Crippen molar-refractivity contribution in [1.82, 2.24) is 20.0 Å². The minimum atomic E-state index is -0.444. The van der Waals surface area contributed by atoms with Crippen LogP contribution in [-0.4, -0.2) is 20.9 Å². The molecule has 0 aliphatic rings. The van der Waals surface area contributed by atoms with Crippen LogP contribution in [0.1, 0.15) is 22.3 Å². The topological polar surface area (TPSA) is 94.4 Å². The van der Waals surface area contributed by atoms with E-state index in [4.69, 9.17) is 16.3 Å². The van der Waals surface area contributed by atoms with E-state index < -0.39 is 11.8 Å². The van der Waals surface area contributed by atoms with E-state index >= 15 is 0 Å². The van der Waals surface area contributed by atoms with E-state index in [9.17, 15) is 14.4 Å². The number of aryl methyl sites for hydroxylation is 2. The number of carbonyl (C=O) groups excluding carboxylic acids is 2. The van der Waals surface area contributed by atoms with E-state index in [-0.39, 0.29) is 18.7 Å². The van der Waals surface area contributed by atoms with Gasteiger partial charge in [-0.2, -0.15) is 0 Å². The molecule has 1 heterocycles. The molecule has 34 heavy (non-hydrogen) atoms. The minimum Gasteiger partial charge on any atom is -0.489 e. The quantitative estimate of drug-likeness (QED) is 0.398. The number of aromatic nitrogens is 2. The van der Waals surface area contributed by atoms with Crippen LogP contribution in [0, 0.1) is 0 Å². The summed E-state index contributed by atoms with van der Waals surface area (Å²) in [5, 5.41) is 0.636. The standard InChI is InChI=1S/C25H23ClN4O4/c1-29-21-4-2-3-5-22(21)30(25(29)33)15-14-23(31)27-28-24(32)18-8-6-17(7-9-18)16-34-20-12-10-19(26)11-13-20/h2-13H,14-16H2,1H3,(H,27,31)(H,28,32). The van der Waals surface area contributed by atoms with Gasteiger partial charge in [0, 0.05) is 30.6 Å². The van der Waals surface area contributed by atoms with Crippen molar-refractivity contribution in [2.45, 2.75) is 19.6 Å². The average molecular weight is 479 g/mol. The Morgan fingerprint density at radius 1 is 0.912 bits per heavy atom. The zero-order valence-electron chi connectivity index (χ0n) is 18.5. The Balaban J connectivity index is 1.26. The molecule has 0 unspecified atom stereocenters. The third-order valence-electron chi connectivity index (χ3n) is 5.36. The van der Waals surface area contributed by atoms with Gasteiger partial charge in [0.1, 0.15) is 12.4 Å². The first-order chi connectivity index (χ1) is 16.4. The number of rotatable bonds is 7. The van der Waals surface area contributed by atoms with E-state index in [1.54, 1.807) is 64.7 Å². The summed E-state index contributed by atoms with van der Waals surface area (Å²) >= 11 is 5.86. The Bertz CT molecular complexity index is 1380. The number of halogens is 1. The van der Waals surface area contributed by atoms with Crippen LogP contribution in [0.25, 0.3) is 11.0 Å². The van der Waals surface area contributed by atoms with Crippen LogP contribution in [-0.2, 0) is 25.0 Å². The van der Waals surface area contributed by atoms with E-state index in [1.165, 1.54) is 0 Å². The maximum absolute atomic E-state index is 12.4. The molecule has 0 atom stereocenters. The zero-order valence-corrected chi connectivity index (χ0v) is 19.2. The normalized spacial score (nSPS) is 10.8. The highest BCUT2D eigenvalue weighted by Gasteiger charge is 2.12. The predicted octanol–water partition coefficient (Wildman–Crippen LogP) is 3.42. The highest BCUT2D eigenvalue weighted by Crippen LogP contribution is 2.17. The molecule has 0 radical (unpaired) electrons. The first kappa shape index (κ1) is 23.1. The molecule has 4 aromatic rings. The van der Waals surface area contributed by atoms with Crippen LogP contribution >= 0.6 is 11.6 Å². The van der Waals surface area contributed by atoms with Gasteiger partial charge in [-0.15, -0.1) is 0 Å².